The van der Waals surface area contributed by atoms with Crippen LogP contribution in [-0.2, 0) is 5.41 Å². The normalized spacial score (nSPS) is 37.4. The second kappa shape index (κ2) is 8.45. The molecule has 16 rings (SSSR count). The Kier molecular flexibility index (Phi) is 4.41. The number of aromatic nitrogens is 3. The quantitative estimate of drug-likeness (QED) is 0.171. The summed E-state index contributed by atoms with van der Waals surface area (Å²) in [7, 11) is 0. The Bertz CT molecular complexity index is 2820. The minimum atomic E-state index is -0.0196. The first kappa shape index (κ1) is 28.2. The SMILES string of the molecule is CC1(C)c2ccccc2-c2c(-c3cc4c5c6c(ncc5n5c7cnc8c(c7c(c3)c45)C3CC4CC5CC8CC54C3)C3CC4CC5CC6CC45C3)cccc21. The maximum atomic E-state index is 5.57. The van der Waals surface area contributed by atoms with Crippen LogP contribution in [0.5, 0.6) is 0 Å². The van der Waals surface area contributed by atoms with Gasteiger partial charge in [-0.15, -0.1) is 0 Å². The molecule has 6 saturated carbocycles. The minimum Gasteiger partial charge on any atom is -0.305 e. The topological polar surface area (TPSA) is 30.2 Å². The van der Waals surface area contributed by atoms with Crippen molar-refractivity contribution < 1.29 is 0 Å². The lowest BCUT2D eigenvalue weighted by Gasteiger charge is -2.48. The fraction of sp³-hybridized carbons (Fsp3) is 0.451. The number of pyridine rings is 2. The molecule has 7 aromatic rings. The third-order valence-corrected chi connectivity index (χ3v) is 19.3. The Morgan fingerprint density at radius 3 is 1.70 bits per heavy atom. The van der Waals surface area contributed by atoms with Crippen LogP contribution in [0.3, 0.4) is 0 Å². The Balaban J connectivity index is 1.06. The van der Waals surface area contributed by atoms with Crippen LogP contribution < -0.4 is 0 Å². The molecule has 264 valence electrons. The summed E-state index contributed by atoms with van der Waals surface area (Å²) in [4.78, 5) is 11.1. The van der Waals surface area contributed by atoms with Gasteiger partial charge in [0.25, 0.3) is 0 Å². The van der Waals surface area contributed by atoms with Crippen molar-refractivity contribution >= 4 is 38.1 Å². The van der Waals surface area contributed by atoms with Crippen molar-refractivity contribution in [3.63, 3.8) is 0 Å². The predicted molar refractivity (Wildman–Crippen MR) is 216 cm³/mol. The third kappa shape index (κ3) is 2.75. The highest BCUT2D eigenvalue weighted by Crippen LogP contribution is 2.78. The van der Waals surface area contributed by atoms with Gasteiger partial charge >= 0.3 is 0 Å². The molecule has 10 unspecified atom stereocenters. The van der Waals surface area contributed by atoms with Gasteiger partial charge in [-0.2, -0.15) is 0 Å². The molecule has 0 aliphatic heterocycles. The maximum absolute atomic E-state index is 5.57. The summed E-state index contributed by atoms with van der Waals surface area (Å²) in [6, 6.07) is 21.7. The monoisotopic (exact) mass is 699 g/mol. The third-order valence-electron chi connectivity index (χ3n) is 19.3. The van der Waals surface area contributed by atoms with Crippen molar-refractivity contribution in [3.8, 4) is 22.3 Å². The summed E-state index contributed by atoms with van der Waals surface area (Å²) < 4.78 is 2.68. The molecule has 3 aromatic carbocycles. The second-order valence-corrected chi connectivity index (χ2v) is 21.1. The zero-order chi connectivity index (χ0) is 34.8. The van der Waals surface area contributed by atoms with E-state index in [1.54, 1.807) is 21.9 Å². The number of nitrogens with zero attached hydrogens (tertiary/aromatic N) is 3. The van der Waals surface area contributed by atoms with Crippen molar-refractivity contribution in [2.75, 3.05) is 0 Å². The highest BCUT2D eigenvalue weighted by atomic mass is 15.0. The average molecular weight is 700 g/mol. The van der Waals surface area contributed by atoms with E-state index in [-0.39, 0.29) is 5.41 Å². The van der Waals surface area contributed by atoms with Crippen LogP contribution in [-0.4, -0.2) is 14.4 Å². The summed E-state index contributed by atoms with van der Waals surface area (Å²) >= 11 is 0. The van der Waals surface area contributed by atoms with Crippen LogP contribution in [0.2, 0.25) is 0 Å². The zero-order valence-electron chi connectivity index (χ0n) is 31.4. The van der Waals surface area contributed by atoms with Gasteiger partial charge in [-0.05, 0) is 167 Å². The van der Waals surface area contributed by atoms with Gasteiger partial charge in [0.1, 0.15) is 0 Å². The van der Waals surface area contributed by atoms with E-state index < -0.39 is 0 Å². The molecule has 0 N–H and O–H groups in total. The van der Waals surface area contributed by atoms with Gasteiger partial charge < -0.3 is 4.40 Å². The zero-order valence-corrected chi connectivity index (χ0v) is 31.4. The molecular formula is C51H45N3. The van der Waals surface area contributed by atoms with Crippen LogP contribution >= 0.6 is 0 Å². The molecule has 9 aliphatic carbocycles. The molecule has 0 radical (unpaired) electrons. The van der Waals surface area contributed by atoms with Gasteiger partial charge in [0.15, 0.2) is 0 Å². The number of rotatable bonds is 1. The Labute approximate surface area is 315 Å². The van der Waals surface area contributed by atoms with Crippen molar-refractivity contribution in [2.24, 2.45) is 34.5 Å². The van der Waals surface area contributed by atoms with Gasteiger partial charge in [0.2, 0.25) is 0 Å². The number of fused-ring (bicyclic) bond motifs is 21. The lowest BCUT2D eigenvalue weighted by molar-refractivity contribution is 0.00321. The van der Waals surface area contributed by atoms with Gasteiger partial charge in [-0.25, -0.2) is 0 Å². The summed E-state index contributed by atoms with van der Waals surface area (Å²) in [5.74, 6) is 6.39. The van der Waals surface area contributed by atoms with E-state index in [0.717, 1.165) is 23.7 Å². The van der Waals surface area contributed by atoms with E-state index in [1.165, 1.54) is 136 Å². The molecule has 6 fully saturated rings. The molecule has 6 bridgehead atoms. The van der Waals surface area contributed by atoms with E-state index in [4.69, 9.17) is 9.97 Å². The smallest absolute Gasteiger partial charge is 0.0728 e. The molecule has 4 aromatic heterocycles. The van der Waals surface area contributed by atoms with Crippen LogP contribution in [0.25, 0.3) is 60.3 Å². The lowest BCUT2D eigenvalue weighted by Crippen LogP contribution is -2.41. The number of hydrogen-bond donors (Lipinski definition) is 0. The summed E-state index contributed by atoms with van der Waals surface area (Å²) in [6.45, 7) is 4.86. The van der Waals surface area contributed by atoms with Crippen molar-refractivity contribution in [1.29, 1.82) is 0 Å². The van der Waals surface area contributed by atoms with Crippen molar-refractivity contribution in [1.82, 2.24) is 14.4 Å². The molecule has 4 heterocycles. The highest BCUT2D eigenvalue weighted by molar-refractivity contribution is 6.26. The van der Waals surface area contributed by atoms with Gasteiger partial charge in [0.05, 0.1) is 28.9 Å². The van der Waals surface area contributed by atoms with E-state index in [2.05, 4.69) is 85.2 Å². The number of benzene rings is 3. The first-order chi connectivity index (χ1) is 26.4. The Morgan fingerprint density at radius 1 is 0.574 bits per heavy atom. The molecule has 2 spiro atoms. The Hall–Kier alpha value is -4.24. The van der Waals surface area contributed by atoms with E-state index in [0.29, 0.717) is 34.5 Å². The van der Waals surface area contributed by atoms with Gasteiger partial charge in [0, 0.05) is 50.2 Å². The molecule has 3 nitrogen and oxygen atoms in total. The molecule has 3 heteroatoms. The van der Waals surface area contributed by atoms with E-state index >= 15 is 0 Å². The fourth-order valence-electron chi connectivity index (χ4n) is 17.4. The van der Waals surface area contributed by atoms with Crippen LogP contribution in [0.4, 0.5) is 0 Å². The maximum Gasteiger partial charge on any atom is 0.0728 e. The molecule has 0 saturated heterocycles. The molecule has 9 aliphatic rings. The molecule has 10 atom stereocenters. The summed E-state index contributed by atoms with van der Waals surface area (Å²) in [5.41, 5.74) is 20.2. The Morgan fingerprint density at radius 2 is 1.09 bits per heavy atom. The first-order valence-electron chi connectivity index (χ1n) is 21.7. The van der Waals surface area contributed by atoms with Crippen LogP contribution in [0.15, 0.2) is 67.0 Å². The standard InChI is InChI=1S/C51H45N3/c1-49(2)37-8-4-3-6-34(37)43-33(7-5-9-38(43)49)24-14-35-44-39(22-52-46-27-12-31-16-29-10-25(41(44)46)18-50(29,31)20-27)54-40-23-53-47-28-13-32-17-30-11-26(19-51(30,32)21-28)42(47)45(40)36(15-24)48(35)54/h3-9,14-15,22-23,25-32H,10-13,16-21H2,1-2H3. The minimum absolute atomic E-state index is 0.0196. The van der Waals surface area contributed by atoms with Crippen LogP contribution in [0, 0.1) is 34.5 Å². The predicted octanol–water partition coefficient (Wildman–Crippen LogP) is 12.4. The van der Waals surface area contributed by atoms with Crippen LogP contribution in [0.1, 0.15) is 135 Å². The van der Waals surface area contributed by atoms with E-state index in [9.17, 15) is 0 Å². The average Bonchev–Trinajstić information content (AvgIpc) is 4.00. The molecule has 54 heavy (non-hydrogen) atoms. The van der Waals surface area contributed by atoms with Crippen molar-refractivity contribution in [3.05, 3.63) is 101 Å². The lowest BCUT2D eigenvalue weighted by atomic mass is 9.56. The second-order valence-electron chi connectivity index (χ2n) is 21.1. The summed E-state index contributed by atoms with van der Waals surface area (Å²) in [5, 5.41) is 6.04. The summed E-state index contributed by atoms with van der Waals surface area (Å²) in [6.07, 6.45) is 18.7. The first-order valence-corrected chi connectivity index (χ1v) is 21.7. The number of hydrogen-bond acceptors (Lipinski definition) is 2. The highest BCUT2D eigenvalue weighted by Gasteiger charge is 2.67. The molecule has 0 amide bonds. The largest absolute Gasteiger partial charge is 0.305 e. The van der Waals surface area contributed by atoms with Gasteiger partial charge in [-0.1, -0.05) is 56.3 Å². The van der Waals surface area contributed by atoms with Gasteiger partial charge in [-0.3, -0.25) is 9.97 Å². The van der Waals surface area contributed by atoms with Crippen molar-refractivity contribution in [2.45, 2.75) is 107 Å². The molecular weight excluding hydrogens is 655 g/mol. The fourth-order valence-corrected chi connectivity index (χ4v) is 17.4. The van der Waals surface area contributed by atoms with E-state index in [1.807, 2.05) is 0 Å².